The molecule has 2 aromatic rings. The van der Waals surface area contributed by atoms with Gasteiger partial charge in [0.05, 0.1) is 10.6 Å². The topological polar surface area (TPSA) is 108 Å². The number of nitrogens with one attached hydrogen (secondary N) is 1. The van der Waals surface area contributed by atoms with Crippen molar-refractivity contribution in [3.8, 4) is 0 Å². The van der Waals surface area contributed by atoms with Crippen LogP contribution in [0.2, 0.25) is 0 Å². The molecule has 2 heterocycles. The highest BCUT2D eigenvalue weighted by molar-refractivity contribution is 5.95. The van der Waals surface area contributed by atoms with Gasteiger partial charge < -0.3 is 5.32 Å². The Labute approximate surface area is 127 Å². The fourth-order valence-corrected chi connectivity index (χ4v) is 1.98. The number of hydrogen-bond acceptors (Lipinski definition) is 5. The van der Waals surface area contributed by atoms with Crippen LogP contribution in [0.3, 0.4) is 0 Å². The third-order valence-electron chi connectivity index (χ3n) is 3.10. The fraction of sp³-hybridized carbons (Fsp3) is 0.462. The predicted octanol–water partition coefficient (Wildman–Crippen LogP) is 1.14. The fourth-order valence-electron chi connectivity index (χ4n) is 1.98. The number of aromatic nitrogens is 4. The minimum absolute atomic E-state index is 0.151. The van der Waals surface area contributed by atoms with Gasteiger partial charge in [-0.25, -0.2) is 0 Å². The van der Waals surface area contributed by atoms with E-state index in [-0.39, 0.29) is 11.4 Å². The Morgan fingerprint density at radius 2 is 2.18 bits per heavy atom. The minimum atomic E-state index is -0.597. The van der Waals surface area contributed by atoms with E-state index in [9.17, 15) is 14.9 Å². The monoisotopic (exact) mass is 306 g/mol. The number of nitrogens with zero attached hydrogens (tertiary/aromatic N) is 5. The molecule has 0 atom stereocenters. The average Bonchev–Trinajstić information content (AvgIpc) is 3.09. The molecular weight excluding hydrogens is 288 g/mol. The summed E-state index contributed by atoms with van der Waals surface area (Å²) in [6, 6.07) is 1.90. The van der Waals surface area contributed by atoms with Crippen LogP contribution in [-0.2, 0) is 13.1 Å². The molecule has 118 valence electrons. The summed E-state index contributed by atoms with van der Waals surface area (Å²) in [6.45, 7) is 5.23. The SMILES string of the molecule is CCn1cc([N+](=O)[O-])c(C(=O)NCCCn2ccc(C)n2)n1. The van der Waals surface area contributed by atoms with Gasteiger partial charge in [0.25, 0.3) is 5.91 Å². The molecule has 0 bridgehead atoms. The Balaban J connectivity index is 1.89. The Morgan fingerprint density at radius 3 is 2.77 bits per heavy atom. The normalized spacial score (nSPS) is 10.6. The summed E-state index contributed by atoms with van der Waals surface area (Å²) in [5.41, 5.74) is 0.508. The third-order valence-corrected chi connectivity index (χ3v) is 3.10. The Kier molecular flexibility index (Phi) is 4.87. The van der Waals surface area contributed by atoms with Crippen molar-refractivity contribution < 1.29 is 9.72 Å². The van der Waals surface area contributed by atoms with E-state index < -0.39 is 10.8 Å². The van der Waals surface area contributed by atoms with Crippen LogP contribution in [0.15, 0.2) is 18.5 Å². The van der Waals surface area contributed by atoms with Crippen molar-refractivity contribution in [3.05, 3.63) is 40.0 Å². The molecular formula is C13H18N6O3. The van der Waals surface area contributed by atoms with Gasteiger partial charge in [-0.05, 0) is 26.3 Å². The quantitative estimate of drug-likeness (QED) is 0.469. The minimum Gasteiger partial charge on any atom is -0.350 e. The number of rotatable bonds is 7. The van der Waals surface area contributed by atoms with Crippen LogP contribution in [0.5, 0.6) is 0 Å². The average molecular weight is 306 g/mol. The molecule has 0 aromatic carbocycles. The second kappa shape index (κ2) is 6.83. The second-order valence-electron chi connectivity index (χ2n) is 4.81. The van der Waals surface area contributed by atoms with Gasteiger partial charge in [-0.2, -0.15) is 10.2 Å². The van der Waals surface area contributed by atoms with E-state index in [2.05, 4.69) is 15.5 Å². The van der Waals surface area contributed by atoms with Crippen LogP contribution in [0.1, 0.15) is 29.5 Å². The maximum absolute atomic E-state index is 12.0. The van der Waals surface area contributed by atoms with Crippen molar-refractivity contribution >= 4 is 11.6 Å². The maximum Gasteiger partial charge on any atom is 0.320 e. The summed E-state index contributed by atoms with van der Waals surface area (Å²) in [5, 5.41) is 21.8. The standard InChI is InChI=1S/C13H18N6O3/c1-3-17-9-11(19(21)22)12(16-17)13(20)14-6-4-7-18-8-5-10(2)15-18/h5,8-9H,3-4,6-7H2,1-2H3,(H,14,20). The smallest absolute Gasteiger partial charge is 0.320 e. The zero-order valence-corrected chi connectivity index (χ0v) is 12.5. The number of amides is 1. The first-order valence-corrected chi connectivity index (χ1v) is 7.01. The number of carbonyl (C=O) groups is 1. The maximum atomic E-state index is 12.0. The van der Waals surface area contributed by atoms with Crippen LogP contribution in [0, 0.1) is 17.0 Å². The molecule has 0 aliphatic rings. The van der Waals surface area contributed by atoms with Gasteiger partial charge >= 0.3 is 5.69 Å². The zero-order chi connectivity index (χ0) is 16.1. The largest absolute Gasteiger partial charge is 0.350 e. The van der Waals surface area contributed by atoms with Gasteiger partial charge in [-0.15, -0.1) is 0 Å². The lowest BCUT2D eigenvalue weighted by atomic mass is 10.3. The van der Waals surface area contributed by atoms with Crippen molar-refractivity contribution in [3.63, 3.8) is 0 Å². The third kappa shape index (κ3) is 3.68. The molecule has 22 heavy (non-hydrogen) atoms. The lowest BCUT2D eigenvalue weighted by Crippen LogP contribution is -2.26. The highest BCUT2D eigenvalue weighted by Crippen LogP contribution is 2.16. The van der Waals surface area contributed by atoms with Crippen molar-refractivity contribution in [1.29, 1.82) is 0 Å². The number of aryl methyl sites for hydroxylation is 3. The Bertz CT molecular complexity index is 675. The van der Waals surface area contributed by atoms with E-state index in [0.29, 0.717) is 26.1 Å². The highest BCUT2D eigenvalue weighted by atomic mass is 16.6. The molecule has 1 N–H and O–H groups in total. The van der Waals surface area contributed by atoms with E-state index in [0.717, 1.165) is 5.69 Å². The zero-order valence-electron chi connectivity index (χ0n) is 12.5. The number of nitro groups is 1. The van der Waals surface area contributed by atoms with E-state index >= 15 is 0 Å². The van der Waals surface area contributed by atoms with Gasteiger partial charge in [0.1, 0.15) is 6.20 Å². The number of hydrogen-bond donors (Lipinski definition) is 1. The predicted molar refractivity (Wildman–Crippen MR) is 78.5 cm³/mol. The molecule has 0 fully saturated rings. The molecule has 0 saturated carbocycles. The van der Waals surface area contributed by atoms with Crippen LogP contribution >= 0.6 is 0 Å². The molecule has 0 saturated heterocycles. The first-order chi connectivity index (χ1) is 10.5. The van der Waals surface area contributed by atoms with E-state index in [1.807, 2.05) is 19.2 Å². The molecule has 1 amide bonds. The molecule has 0 aliphatic carbocycles. The molecule has 0 aliphatic heterocycles. The lowest BCUT2D eigenvalue weighted by Gasteiger charge is -2.03. The summed E-state index contributed by atoms with van der Waals surface area (Å²) in [4.78, 5) is 22.3. The van der Waals surface area contributed by atoms with Crippen LogP contribution in [0.25, 0.3) is 0 Å². The Morgan fingerprint density at radius 1 is 1.41 bits per heavy atom. The molecule has 0 unspecified atom stereocenters. The van der Waals surface area contributed by atoms with Gasteiger partial charge in [-0.1, -0.05) is 0 Å². The molecule has 0 radical (unpaired) electrons. The summed E-state index contributed by atoms with van der Waals surface area (Å²) in [5.74, 6) is -0.532. The van der Waals surface area contributed by atoms with E-state index in [1.165, 1.54) is 10.9 Å². The van der Waals surface area contributed by atoms with Crippen LogP contribution < -0.4 is 5.32 Å². The lowest BCUT2D eigenvalue weighted by molar-refractivity contribution is -0.385. The van der Waals surface area contributed by atoms with Crippen LogP contribution in [0.4, 0.5) is 5.69 Å². The summed E-state index contributed by atoms with van der Waals surface area (Å²) >= 11 is 0. The van der Waals surface area contributed by atoms with E-state index in [1.54, 1.807) is 11.6 Å². The van der Waals surface area contributed by atoms with Crippen molar-refractivity contribution in [2.75, 3.05) is 6.54 Å². The van der Waals surface area contributed by atoms with Gasteiger partial charge in [0.2, 0.25) is 5.69 Å². The highest BCUT2D eigenvalue weighted by Gasteiger charge is 2.24. The first kappa shape index (κ1) is 15.7. The second-order valence-corrected chi connectivity index (χ2v) is 4.81. The van der Waals surface area contributed by atoms with Gasteiger partial charge in [-0.3, -0.25) is 24.3 Å². The van der Waals surface area contributed by atoms with Crippen molar-refractivity contribution in [2.24, 2.45) is 0 Å². The van der Waals surface area contributed by atoms with Gasteiger partial charge in [0, 0.05) is 25.8 Å². The number of carbonyl (C=O) groups excluding carboxylic acids is 1. The Hall–Kier alpha value is -2.71. The summed E-state index contributed by atoms with van der Waals surface area (Å²) in [7, 11) is 0. The van der Waals surface area contributed by atoms with E-state index in [4.69, 9.17) is 0 Å². The van der Waals surface area contributed by atoms with Gasteiger partial charge in [0.15, 0.2) is 0 Å². The molecule has 2 rings (SSSR count). The summed E-state index contributed by atoms with van der Waals surface area (Å²) in [6.07, 6.45) is 3.81. The summed E-state index contributed by atoms with van der Waals surface area (Å²) < 4.78 is 3.16. The molecule has 0 spiro atoms. The molecule has 2 aromatic heterocycles. The van der Waals surface area contributed by atoms with Crippen LogP contribution in [-0.4, -0.2) is 36.9 Å². The van der Waals surface area contributed by atoms with Crippen molar-refractivity contribution in [1.82, 2.24) is 24.9 Å². The first-order valence-electron chi connectivity index (χ1n) is 7.01. The molecule has 9 nitrogen and oxygen atoms in total. The molecule has 9 heteroatoms. The van der Waals surface area contributed by atoms with Crippen molar-refractivity contribution in [2.45, 2.75) is 33.4 Å².